The number of benzene rings is 1. The van der Waals surface area contributed by atoms with Crippen molar-refractivity contribution in [3.8, 4) is 0 Å². The van der Waals surface area contributed by atoms with Crippen molar-refractivity contribution in [1.82, 2.24) is 10.2 Å². The van der Waals surface area contributed by atoms with Crippen LogP contribution in [0.4, 0.5) is 0 Å². The first-order valence-electron chi connectivity index (χ1n) is 7.70. The summed E-state index contributed by atoms with van der Waals surface area (Å²) in [5, 5.41) is 3.19. The summed E-state index contributed by atoms with van der Waals surface area (Å²) in [6.45, 7) is 3.99. The molecule has 0 spiro atoms. The second kappa shape index (κ2) is 7.44. The van der Waals surface area contributed by atoms with E-state index in [2.05, 4.69) is 41.4 Å². The molecule has 20 heavy (non-hydrogen) atoms. The van der Waals surface area contributed by atoms with Crippen molar-refractivity contribution in [3.63, 3.8) is 0 Å². The number of carbonyl (C=O) groups excluding carboxylic acids is 1. The highest BCUT2D eigenvalue weighted by molar-refractivity contribution is 5.79. The quantitative estimate of drug-likeness (QED) is 0.895. The second-order valence-electron chi connectivity index (χ2n) is 5.79. The molecule has 0 aliphatic carbocycles. The predicted molar refractivity (Wildman–Crippen MR) is 82.8 cm³/mol. The van der Waals surface area contributed by atoms with Gasteiger partial charge in [-0.2, -0.15) is 0 Å². The summed E-state index contributed by atoms with van der Waals surface area (Å²) in [5.41, 5.74) is 2.37. The van der Waals surface area contributed by atoms with Crippen LogP contribution < -0.4 is 5.32 Å². The van der Waals surface area contributed by atoms with Gasteiger partial charge in [-0.3, -0.25) is 4.79 Å². The van der Waals surface area contributed by atoms with E-state index in [-0.39, 0.29) is 5.91 Å². The number of aryl methyl sites for hydroxylation is 1. The van der Waals surface area contributed by atoms with Crippen molar-refractivity contribution in [2.75, 3.05) is 20.1 Å². The van der Waals surface area contributed by atoms with Crippen LogP contribution in [0.5, 0.6) is 0 Å². The Morgan fingerprint density at radius 3 is 2.75 bits per heavy atom. The molecule has 0 bridgehead atoms. The van der Waals surface area contributed by atoms with Crippen LogP contribution in [0.2, 0.25) is 0 Å². The number of nitrogens with one attached hydrogen (secondary N) is 1. The highest BCUT2D eigenvalue weighted by atomic mass is 16.2. The van der Waals surface area contributed by atoms with Crippen LogP contribution in [0, 0.1) is 6.92 Å². The largest absolute Gasteiger partial charge is 0.339 e. The van der Waals surface area contributed by atoms with Crippen molar-refractivity contribution in [2.24, 2.45) is 0 Å². The number of hydrogen-bond donors (Lipinski definition) is 1. The lowest BCUT2D eigenvalue weighted by atomic mass is 9.98. The molecule has 1 heterocycles. The van der Waals surface area contributed by atoms with Gasteiger partial charge in [0.15, 0.2) is 0 Å². The monoisotopic (exact) mass is 274 g/mol. The zero-order valence-corrected chi connectivity index (χ0v) is 12.7. The third kappa shape index (κ3) is 4.07. The van der Waals surface area contributed by atoms with Crippen LogP contribution >= 0.6 is 0 Å². The Morgan fingerprint density at radius 2 is 2.05 bits per heavy atom. The van der Waals surface area contributed by atoms with Crippen molar-refractivity contribution in [3.05, 3.63) is 35.4 Å². The van der Waals surface area contributed by atoms with Crippen LogP contribution in [0.3, 0.4) is 0 Å². The maximum atomic E-state index is 12.5. The van der Waals surface area contributed by atoms with E-state index in [0.29, 0.717) is 12.5 Å². The summed E-state index contributed by atoms with van der Waals surface area (Å²) in [6, 6.07) is 8.72. The van der Waals surface area contributed by atoms with Crippen molar-refractivity contribution < 1.29 is 4.79 Å². The molecule has 1 unspecified atom stereocenters. The molecule has 0 aromatic heterocycles. The summed E-state index contributed by atoms with van der Waals surface area (Å²) in [6.07, 6.45) is 5.16. The number of piperidine rings is 1. The Balaban J connectivity index is 1.96. The topological polar surface area (TPSA) is 32.3 Å². The molecule has 3 nitrogen and oxygen atoms in total. The molecule has 0 radical (unpaired) electrons. The third-order valence-corrected chi connectivity index (χ3v) is 4.15. The molecule has 110 valence electrons. The minimum atomic E-state index is 0.287. The van der Waals surface area contributed by atoms with Crippen molar-refractivity contribution >= 4 is 5.91 Å². The van der Waals surface area contributed by atoms with Crippen molar-refractivity contribution in [2.45, 2.75) is 45.1 Å². The van der Waals surface area contributed by atoms with E-state index in [4.69, 9.17) is 0 Å². The third-order valence-electron chi connectivity index (χ3n) is 4.15. The Kier molecular flexibility index (Phi) is 5.60. The standard InChI is InChI=1S/C17H26N2O/c1-14-6-8-15(9-7-14)13-17(20)19-12-4-3-5-16(19)10-11-18-2/h6-9,16,18H,3-5,10-13H2,1-2H3. The van der Waals surface area contributed by atoms with Gasteiger partial charge in [-0.05, 0) is 51.8 Å². The Bertz CT molecular complexity index is 427. The number of likely N-dealkylation sites (tertiary alicyclic amines) is 1. The van der Waals surface area contributed by atoms with Crippen LogP contribution in [0.1, 0.15) is 36.8 Å². The summed E-state index contributed by atoms with van der Waals surface area (Å²) in [5.74, 6) is 0.287. The number of amides is 1. The molecule has 1 aromatic rings. The van der Waals surface area contributed by atoms with E-state index in [1.807, 2.05) is 7.05 Å². The molecular formula is C17H26N2O. The van der Waals surface area contributed by atoms with Gasteiger partial charge in [0.2, 0.25) is 5.91 Å². The summed E-state index contributed by atoms with van der Waals surface area (Å²) < 4.78 is 0. The molecule has 1 aliphatic rings. The zero-order valence-electron chi connectivity index (χ0n) is 12.7. The predicted octanol–water partition coefficient (Wildman–Crippen LogP) is 2.53. The first-order chi connectivity index (χ1) is 9.70. The fraction of sp³-hybridized carbons (Fsp3) is 0.588. The first-order valence-corrected chi connectivity index (χ1v) is 7.70. The maximum Gasteiger partial charge on any atom is 0.227 e. The average Bonchev–Trinajstić information content (AvgIpc) is 2.47. The van der Waals surface area contributed by atoms with E-state index in [9.17, 15) is 4.79 Å². The van der Waals surface area contributed by atoms with E-state index < -0.39 is 0 Å². The Labute approximate surface area is 122 Å². The fourth-order valence-corrected chi connectivity index (χ4v) is 2.92. The van der Waals surface area contributed by atoms with Gasteiger partial charge in [0.1, 0.15) is 0 Å². The number of hydrogen-bond acceptors (Lipinski definition) is 2. The van der Waals surface area contributed by atoms with E-state index in [1.54, 1.807) is 0 Å². The van der Waals surface area contributed by atoms with Crippen LogP contribution in [-0.4, -0.2) is 37.0 Å². The summed E-state index contributed by atoms with van der Waals surface area (Å²) >= 11 is 0. The fourth-order valence-electron chi connectivity index (χ4n) is 2.92. The molecular weight excluding hydrogens is 248 g/mol. The molecule has 1 atom stereocenters. The van der Waals surface area contributed by atoms with Gasteiger partial charge in [-0.25, -0.2) is 0 Å². The van der Waals surface area contributed by atoms with Crippen LogP contribution in [0.15, 0.2) is 24.3 Å². The number of carbonyl (C=O) groups is 1. The Morgan fingerprint density at radius 1 is 1.30 bits per heavy atom. The van der Waals surface area contributed by atoms with Gasteiger partial charge in [0.05, 0.1) is 6.42 Å². The van der Waals surface area contributed by atoms with Crippen LogP contribution in [0.25, 0.3) is 0 Å². The van der Waals surface area contributed by atoms with Gasteiger partial charge in [-0.15, -0.1) is 0 Å². The number of nitrogens with zero attached hydrogens (tertiary/aromatic N) is 1. The minimum absolute atomic E-state index is 0.287. The minimum Gasteiger partial charge on any atom is -0.339 e. The molecule has 0 saturated carbocycles. The molecule has 1 N–H and O–H groups in total. The van der Waals surface area contributed by atoms with Crippen LogP contribution in [-0.2, 0) is 11.2 Å². The van der Waals surface area contributed by atoms with Gasteiger partial charge in [0.25, 0.3) is 0 Å². The molecule has 1 aromatic carbocycles. The normalized spacial score (nSPS) is 19.1. The van der Waals surface area contributed by atoms with Gasteiger partial charge in [0, 0.05) is 12.6 Å². The Hall–Kier alpha value is -1.35. The van der Waals surface area contributed by atoms with Gasteiger partial charge >= 0.3 is 0 Å². The SMILES string of the molecule is CNCCC1CCCCN1C(=O)Cc1ccc(C)cc1. The molecule has 3 heteroatoms. The molecule has 1 amide bonds. The van der Waals surface area contributed by atoms with Crippen molar-refractivity contribution in [1.29, 1.82) is 0 Å². The van der Waals surface area contributed by atoms with E-state index in [1.165, 1.54) is 12.0 Å². The first kappa shape index (κ1) is 15.0. The summed E-state index contributed by atoms with van der Waals surface area (Å²) in [4.78, 5) is 14.6. The lowest BCUT2D eigenvalue weighted by Gasteiger charge is -2.36. The molecule has 1 fully saturated rings. The molecule has 1 saturated heterocycles. The second-order valence-corrected chi connectivity index (χ2v) is 5.79. The zero-order chi connectivity index (χ0) is 14.4. The number of rotatable bonds is 5. The lowest BCUT2D eigenvalue weighted by molar-refractivity contribution is -0.134. The smallest absolute Gasteiger partial charge is 0.227 e. The summed E-state index contributed by atoms with van der Waals surface area (Å²) in [7, 11) is 1.97. The van der Waals surface area contributed by atoms with E-state index in [0.717, 1.165) is 37.9 Å². The van der Waals surface area contributed by atoms with Gasteiger partial charge in [-0.1, -0.05) is 29.8 Å². The highest BCUT2D eigenvalue weighted by Gasteiger charge is 2.25. The molecule has 1 aliphatic heterocycles. The maximum absolute atomic E-state index is 12.5. The lowest BCUT2D eigenvalue weighted by Crippen LogP contribution is -2.45. The van der Waals surface area contributed by atoms with E-state index >= 15 is 0 Å². The highest BCUT2D eigenvalue weighted by Crippen LogP contribution is 2.20. The van der Waals surface area contributed by atoms with Gasteiger partial charge < -0.3 is 10.2 Å². The average molecular weight is 274 g/mol. The molecule has 2 rings (SSSR count).